The number of morpholine rings is 1. The summed E-state index contributed by atoms with van der Waals surface area (Å²) in [6.45, 7) is 4.73. The number of ether oxygens (including phenoxy) is 1. The van der Waals surface area contributed by atoms with Crippen molar-refractivity contribution < 1.29 is 14.2 Å². The summed E-state index contributed by atoms with van der Waals surface area (Å²) in [5.41, 5.74) is 4.78. The van der Waals surface area contributed by atoms with Crippen LogP contribution >= 0.6 is 11.6 Å². The highest BCUT2D eigenvalue weighted by molar-refractivity contribution is 6.31. The number of nitrogens with zero attached hydrogens (tertiary/aromatic N) is 3. The van der Waals surface area contributed by atoms with Gasteiger partial charge in [0.25, 0.3) is 0 Å². The van der Waals surface area contributed by atoms with Gasteiger partial charge in [0, 0.05) is 41.4 Å². The van der Waals surface area contributed by atoms with Crippen LogP contribution in [0.1, 0.15) is 22.8 Å². The summed E-state index contributed by atoms with van der Waals surface area (Å²) < 4.78 is 19.5. The van der Waals surface area contributed by atoms with Crippen molar-refractivity contribution in [2.24, 2.45) is 0 Å². The number of fused-ring (bicyclic) bond motifs is 1. The second kappa shape index (κ2) is 9.06. The first kappa shape index (κ1) is 21.8. The highest BCUT2D eigenvalue weighted by atomic mass is 35.5. The van der Waals surface area contributed by atoms with Crippen LogP contribution in [0.25, 0.3) is 22.3 Å². The quantitative estimate of drug-likeness (QED) is 0.444. The zero-order chi connectivity index (χ0) is 22.9. The third kappa shape index (κ3) is 4.29. The summed E-state index contributed by atoms with van der Waals surface area (Å²) in [7, 11) is 0. The topological polar surface area (TPSA) is 58.5 Å². The molecule has 5 rings (SSSR count). The monoisotopic (exact) mass is 463 g/mol. The summed E-state index contributed by atoms with van der Waals surface area (Å²) in [5, 5.41) is 12.8. The molecule has 4 aromatic rings. The lowest BCUT2D eigenvalue weighted by Crippen LogP contribution is -2.36. The first-order valence-corrected chi connectivity index (χ1v) is 11.2. The van der Waals surface area contributed by atoms with Crippen molar-refractivity contribution in [2.75, 3.05) is 31.2 Å². The summed E-state index contributed by atoms with van der Waals surface area (Å²) in [5.74, 6) is -0.386. The third-order valence-corrected chi connectivity index (χ3v) is 6.24. The maximum atomic E-state index is 14.1. The van der Waals surface area contributed by atoms with Crippen molar-refractivity contribution in [2.45, 2.75) is 13.0 Å². The van der Waals surface area contributed by atoms with E-state index in [0.717, 1.165) is 24.3 Å². The van der Waals surface area contributed by atoms with Crippen molar-refractivity contribution in [1.82, 2.24) is 9.97 Å². The number of aliphatic hydroxyl groups is 1. The minimum Gasteiger partial charge on any atom is -0.384 e. The Balaban J connectivity index is 1.68. The van der Waals surface area contributed by atoms with Gasteiger partial charge in [0.05, 0.1) is 30.1 Å². The van der Waals surface area contributed by atoms with E-state index in [4.69, 9.17) is 16.3 Å². The van der Waals surface area contributed by atoms with Crippen LogP contribution in [0, 0.1) is 12.7 Å². The van der Waals surface area contributed by atoms with Gasteiger partial charge < -0.3 is 14.7 Å². The normalized spacial score (nSPS) is 15.1. The molecule has 1 saturated heterocycles. The Labute approximate surface area is 196 Å². The van der Waals surface area contributed by atoms with Crippen LogP contribution in [0.3, 0.4) is 0 Å². The summed E-state index contributed by atoms with van der Waals surface area (Å²) in [6.07, 6.45) is 0.704. The molecule has 0 aliphatic carbocycles. The lowest BCUT2D eigenvalue weighted by molar-refractivity contribution is 0.122. The smallest absolute Gasteiger partial charge is 0.125 e. The molecule has 2 aromatic heterocycles. The van der Waals surface area contributed by atoms with Crippen molar-refractivity contribution in [1.29, 1.82) is 0 Å². The van der Waals surface area contributed by atoms with Crippen molar-refractivity contribution in [3.63, 3.8) is 0 Å². The second-order valence-corrected chi connectivity index (χ2v) is 8.56. The number of anilines is 1. The molecule has 0 bridgehead atoms. The van der Waals surface area contributed by atoms with Crippen LogP contribution in [-0.2, 0) is 4.74 Å². The van der Waals surface area contributed by atoms with E-state index in [2.05, 4.69) is 14.9 Å². The molecule has 1 unspecified atom stereocenters. The van der Waals surface area contributed by atoms with Gasteiger partial charge in [0.1, 0.15) is 11.9 Å². The van der Waals surface area contributed by atoms with Gasteiger partial charge in [-0.3, -0.25) is 4.98 Å². The number of aliphatic hydroxyl groups excluding tert-OH is 1. The highest BCUT2D eigenvalue weighted by Crippen LogP contribution is 2.37. The number of halogens is 2. The molecule has 168 valence electrons. The van der Waals surface area contributed by atoms with E-state index in [0.29, 0.717) is 51.7 Å². The van der Waals surface area contributed by atoms with E-state index in [1.165, 1.54) is 12.1 Å². The van der Waals surface area contributed by atoms with Gasteiger partial charge in [-0.1, -0.05) is 17.7 Å². The number of rotatable bonds is 4. The lowest BCUT2D eigenvalue weighted by atomic mass is 9.91. The molecule has 2 aromatic carbocycles. The fourth-order valence-electron chi connectivity index (χ4n) is 4.39. The highest BCUT2D eigenvalue weighted by Gasteiger charge is 2.23. The van der Waals surface area contributed by atoms with Crippen molar-refractivity contribution in [3.8, 4) is 11.4 Å². The summed E-state index contributed by atoms with van der Waals surface area (Å²) in [6, 6.07) is 15.6. The number of benzene rings is 2. The molecule has 0 amide bonds. The molecule has 1 N–H and O–H groups in total. The molecule has 1 aliphatic heterocycles. The maximum Gasteiger partial charge on any atom is 0.125 e. The molecule has 0 saturated carbocycles. The Morgan fingerprint density at radius 2 is 1.91 bits per heavy atom. The van der Waals surface area contributed by atoms with Crippen LogP contribution in [0.4, 0.5) is 10.1 Å². The van der Waals surface area contributed by atoms with E-state index >= 15 is 0 Å². The van der Waals surface area contributed by atoms with E-state index in [1.807, 2.05) is 37.3 Å². The van der Waals surface area contributed by atoms with Gasteiger partial charge in [0.15, 0.2) is 0 Å². The molecule has 3 heterocycles. The molecule has 5 nitrogen and oxygen atoms in total. The van der Waals surface area contributed by atoms with Gasteiger partial charge in [-0.25, -0.2) is 9.37 Å². The average Bonchev–Trinajstić information content (AvgIpc) is 2.84. The SMILES string of the molecule is Cc1c(-c2ccccn2)nc2cc(F)ccc2c1C(O)c1cc(Cl)cc(N2CCOCC2)c1. The van der Waals surface area contributed by atoms with Crippen LogP contribution < -0.4 is 4.90 Å². The van der Waals surface area contributed by atoms with Gasteiger partial charge in [-0.05, 0) is 66.1 Å². The Morgan fingerprint density at radius 1 is 1.09 bits per heavy atom. The van der Waals surface area contributed by atoms with E-state index in [1.54, 1.807) is 18.3 Å². The first-order chi connectivity index (χ1) is 16.0. The Bertz CT molecular complexity index is 1310. The first-order valence-electron chi connectivity index (χ1n) is 10.8. The van der Waals surface area contributed by atoms with Crippen LogP contribution in [0.15, 0.2) is 60.8 Å². The predicted molar refractivity (Wildman–Crippen MR) is 128 cm³/mol. The Kier molecular flexibility index (Phi) is 5.98. The van der Waals surface area contributed by atoms with Crippen LogP contribution in [0.5, 0.6) is 0 Å². The minimum atomic E-state index is -0.984. The summed E-state index contributed by atoms with van der Waals surface area (Å²) >= 11 is 6.47. The van der Waals surface area contributed by atoms with E-state index in [9.17, 15) is 9.50 Å². The number of aromatic nitrogens is 2. The van der Waals surface area contributed by atoms with Gasteiger partial charge in [0.2, 0.25) is 0 Å². The van der Waals surface area contributed by atoms with Gasteiger partial charge in [-0.2, -0.15) is 0 Å². The maximum absolute atomic E-state index is 14.1. The van der Waals surface area contributed by atoms with E-state index in [-0.39, 0.29) is 5.82 Å². The van der Waals surface area contributed by atoms with Crippen LogP contribution in [-0.4, -0.2) is 41.4 Å². The summed E-state index contributed by atoms with van der Waals surface area (Å²) in [4.78, 5) is 11.3. The number of pyridine rings is 2. The zero-order valence-corrected chi connectivity index (χ0v) is 18.9. The zero-order valence-electron chi connectivity index (χ0n) is 18.1. The fourth-order valence-corrected chi connectivity index (χ4v) is 4.63. The van der Waals surface area contributed by atoms with Crippen molar-refractivity contribution >= 4 is 28.2 Å². The lowest BCUT2D eigenvalue weighted by Gasteiger charge is -2.30. The molecule has 1 fully saturated rings. The molecule has 0 spiro atoms. The Morgan fingerprint density at radius 3 is 2.67 bits per heavy atom. The average molecular weight is 464 g/mol. The molecule has 7 heteroatoms. The molecule has 33 heavy (non-hydrogen) atoms. The molecule has 0 radical (unpaired) electrons. The van der Waals surface area contributed by atoms with Crippen LogP contribution in [0.2, 0.25) is 5.02 Å². The van der Waals surface area contributed by atoms with Gasteiger partial charge in [-0.15, -0.1) is 0 Å². The third-order valence-electron chi connectivity index (χ3n) is 6.02. The number of hydrogen-bond donors (Lipinski definition) is 1. The second-order valence-electron chi connectivity index (χ2n) is 8.12. The van der Waals surface area contributed by atoms with E-state index < -0.39 is 6.10 Å². The fraction of sp³-hybridized carbons (Fsp3) is 0.231. The Hall–Kier alpha value is -3.06. The number of hydrogen-bond acceptors (Lipinski definition) is 5. The largest absolute Gasteiger partial charge is 0.384 e. The van der Waals surface area contributed by atoms with Crippen molar-refractivity contribution in [3.05, 3.63) is 88.3 Å². The molecule has 1 atom stereocenters. The molecule has 1 aliphatic rings. The molecular formula is C26H23ClFN3O2. The minimum absolute atomic E-state index is 0.386. The standard InChI is InChI=1S/C26H23ClFN3O2/c1-16-24(26(32)17-12-18(27)14-20(13-17)31-8-10-33-11-9-31)21-6-5-19(28)15-23(21)30-25(16)22-4-2-3-7-29-22/h2-7,12-15,26,32H,8-11H2,1H3. The predicted octanol–water partition coefficient (Wildman–Crippen LogP) is 5.32. The molecular weight excluding hydrogens is 441 g/mol. The van der Waals surface area contributed by atoms with Gasteiger partial charge >= 0.3 is 0 Å².